The van der Waals surface area contributed by atoms with E-state index in [4.69, 9.17) is 9.84 Å². The minimum Gasteiger partial charge on any atom is -0.504 e. The summed E-state index contributed by atoms with van der Waals surface area (Å²) in [5.41, 5.74) is 1.88. The Hall–Kier alpha value is -1.71. The summed E-state index contributed by atoms with van der Waals surface area (Å²) in [6.45, 7) is 3.27. The minimum atomic E-state index is -1.07. The van der Waals surface area contributed by atoms with Gasteiger partial charge in [0, 0.05) is 0 Å². The Balaban J connectivity index is 2.87. The van der Waals surface area contributed by atoms with E-state index in [1.54, 1.807) is 12.1 Å². The summed E-state index contributed by atoms with van der Waals surface area (Å²) in [5.74, 6) is -0.896. The van der Waals surface area contributed by atoms with Gasteiger partial charge in [-0.2, -0.15) is 0 Å². The molecule has 14 heavy (non-hydrogen) atoms. The van der Waals surface area contributed by atoms with E-state index in [1.165, 1.54) is 0 Å². The largest absolute Gasteiger partial charge is 0.504 e. The summed E-state index contributed by atoms with van der Waals surface area (Å²) in [6.07, 6.45) is 0. The van der Waals surface area contributed by atoms with Gasteiger partial charge in [0.15, 0.2) is 18.1 Å². The maximum absolute atomic E-state index is 10.2. The molecule has 4 heteroatoms. The topological polar surface area (TPSA) is 66.8 Å². The highest BCUT2D eigenvalue weighted by atomic mass is 16.5. The van der Waals surface area contributed by atoms with Crippen LogP contribution in [0.5, 0.6) is 11.5 Å². The van der Waals surface area contributed by atoms with Crippen LogP contribution in [-0.2, 0) is 4.79 Å². The van der Waals surface area contributed by atoms with Crippen LogP contribution in [0.1, 0.15) is 11.1 Å². The van der Waals surface area contributed by atoms with E-state index < -0.39 is 12.6 Å². The van der Waals surface area contributed by atoms with E-state index in [9.17, 15) is 9.90 Å². The fourth-order valence-electron chi connectivity index (χ4n) is 1.03. The lowest BCUT2D eigenvalue weighted by Gasteiger charge is -2.08. The number of aromatic hydroxyl groups is 1. The molecule has 0 saturated heterocycles. The summed E-state index contributed by atoms with van der Waals surface area (Å²) in [7, 11) is 0. The number of carbonyl (C=O) groups is 1. The van der Waals surface area contributed by atoms with Gasteiger partial charge in [0.1, 0.15) is 0 Å². The van der Waals surface area contributed by atoms with Crippen LogP contribution in [-0.4, -0.2) is 22.8 Å². The Morgan fingerprint density at radius 2 is 1.93 bits per heavy atom. The molecule has 0 aliphatic carbocycles. The quantitative estimate of drug-likeness (QED) is 0.768. The van der Waals surface area contributed by atoms with Crippen LogP contribution >= 0.6 is 0 Å². The zero-order valence-corrected chi connectivity index (χ0v) is 8.07. The molecule has 0 unspecified atom stereocenters. The molecule has 1 rings (SSSR count). The number of ether oxygens (including phenoxy) is 1. The van der Waals surface area contributed by atoms with Crippen LogP contribution in [0, 0.1) is 13.8 Å². The van der Waals surface area contributed by atoms with E-state index in [0.717, 1.165) is 11.1 Å². The van der Waals surface area contributed by atoms with Gasteiger partial charge in [-0.05, 0) is 37.1 Å². The third-order valence-electron chi connectivity index (χ3n) is 1.93. The summed E-state index contributed by atoms with van der Waals surface area (Å²) in [6, 6.07) is 3.17. The van der Waals surface area contributed by atoms with Gasteiger partial charge in [-0.3, -0.25) is 0 Å². The predicted octanol–water partition coefficient (Wildman–Crippen LogP) is 1.47. The molecule has 0 fully saturated rings. The van der Waals surface area contributed by atoms with E-state index in [-0.39, 0.29) is 11.5 Å². The zero-order valence-electron chi connectivity index (χ0n) is 8.07. The molecule has 0 heterocycles. The second kappa shape index (κ2) is 4.00. The smallest absolute Gasteiger partial charge is 0.341 e. The second-order valence-electron chi connectivity index (χ2n) is 3.09. The molecule has 2 N–H and O–H groups in total. The average molecular weight is 196 g/mol. The average Bonchev–Trinajstić information content (AvgIpc) is 2.09. The van der Waals surface area contributed by atoms with Crippen molar-refractivity contribution >= 4 is 5.97 Å². The molecule has 0 spiro atoms. The molecule has 1 aromatic rings. The molecular formula is C10H12O4. The number of hydrogen-bond donors (Lipinski definition) is 2. The third-order valence-corrected chi connectivity index (χ3v) is 1.93. The molecule has 1 aromatic carbocycles. The zero-order chi connectivity index (χ0) is 10.7. The van der Waals surface area contributed by atoms with Gasteiger partial charge in [0.2, 0.25) is 0 Å². The Labute approximate surface area is 81.8 Å². The van der Waals surface area contributed by atoms with Gasteiger partial charge in [-0.1, -0.05) is 0 Å². The van der Waals surface area contributed by atoms with Crippen molar-refractivity contribution in [1.29, 1.82) is 0 Å². The minimum absolute atomic E-state index is 0.0330. The van der Waals surface area contributed by atoms with Gasteiger partial charge in [-0.15, -0.1) is 0 Å². The fraction of sp³-hybridized carbons (Fsp3) is 0.300. The maximum atomic E-state index is 10.2. The van der Waals surface area contributed by atoms with Crippen molar-refractivity contribution in [3.05, 3.63) is 23.3 Å². The number of phenolic OH excluding ortho intramolecular Hbond substituents is 1. The van der Waals surface area contributed by atoms with Crippen LogP contribution in [0.15, 0.2) is 12.1 Å². The SMILES string of the molecule is Cc1cc(O)c(OCC(=O)O)cc1C. The summed E-state index contributed by atoms with van der Waals surface area (Å²) in [5, 5.41) is 17.8. The summed E-state index contributed by atoms with van der Waals surface area (Å²) in [4.78, 5) is 10.2. The molecule has 0 aliphatic heterocycles. The number of hydrogen-bond acceptors (Lipinski definition) is 3. The summed E-state index contributed by atoms with van der Waals surface area (Å²) >= 11 is 0. The molecule has 0 atom stereocenters. The van der Waals surface area contributed by atoms with Crippen LogP contribution in [0.25, 0.3) is 0 Å². The normalized spacial score (nSPS) is 9.86. The number of benzene rings is 1. The highest BCUT2D eigenvalue weighted by Gasteiger charge is 2.06. The van der Waals surface area contributed by atoms with Crippen molar-refractivity contribution in [2.75, 3.05) is 6.61 Å². The van der Waals surface area contributed by atoms with Crippen LogP contribution in [0.3, 0.4) is 0 Å². The van der Waals surface area contributed by atoms with Gasteiger partial charge >= 0.3 is 5.97 Å². The van der Waals surface area contributed by atoms with Crippen molar-refractivity contribution in [3.8, 4) is 11.5 Å². The number of phenols is 1. The van der Waals surface area contributed by atoms with Gasteiger partial charge in [-0.25, -0.2) is 4.79 Å². The maximum Gasteiger partial charge on any atom is 0.341 e. The fourth-order valence-corrected chi connectivity index (χ4v) is 1.03. The van der Waals surface area contributed by atoms with Crippen molar-refractivity contribution < 1.29 is 19.7 Å². The van der Waals surface area contributed by atoms with Crippen LogP contribution in [0.2, 0.25) is 0 Å². The first-order valence-electron chi connectivity index (χ1n) is 4.15. The van der Waals surface area contributed by atoms with Crippen molar-refractivity contribution in [2.24, 2.45) is 0 Å². The second-order valence-corrected chi connectivity index (χ2v) is 3.09. The van der Waals surface area contributed by atoms with Crippen molar-refractivity contribution in [1.82, 2.24) is 0 Å². The molecule has 0 amide bonds. The molecule has 4 nitrogen and oxygen atoms in total. The predicted molar refractivity (Wildman–Crippen MR) is 50.7 cm³/mol. The molecule has 0 aromatic heterocycles. The Kier molecular flexibility index (Phi) is 2.96. The lowest BCUT2D eigenvalue weighted by molar-refractivity contribution is -0.139. The lowest BCUT2D eigenvalue weighted by atomic mass is 10.1. The van der Waals surface area contributed by atoms with E-state index in [2.05, 4.69) is 0 Å². The Morgan fingerprint density at radius 3 is 2.50 bits per heavy atom. The number of aryl methyl sites for hydroxylation is 2. The van der Waals surface area contributed by atoms with Crippen LogP contribution < -0.4 is 4.74 Å². The third kappa shape index (κ3) is 2.39. The number of aliphatic carboxylic acids is 1. The molecular weight excluding hydrogens is 184 g/mol. The van der Waals surface area contributed by atoms with Crippen molar-refractivity contribution in [2.45, 2.75) is 13.8 Å². The van der Waals surface area contributed by atoms with Gasteiger partial charge in [0.05, 0.1) is 0 Å². The van der Waals surface area contributed by atoms with Gasteiger partial charge < -0.3 is 14.9 Å². The number of carboxylic acid groups (broad SMARTS) is 1. The molecule has 0 aliphatic rings. The first kappa shape index (κ1) is 10.4. The standard InChI is InChI=1S/C10H12O4/c1-6-3-8(11)9(4-7(6)2)14-5-10(12)13/h3-4,11H,5H2,1-2H3,(H,12,13). The lowest BCUT2D eigenvalue weighted by Crippen LogP contribution is -2.09. The Bertz CT molecular complexity index is 357. The molecule has 0 radical (unpaired) electrons. The van der Waals surface area contributed by atoms with E-state index in [1.807, 2.05) is 13.8 Å². The number of carboxylic acids is 1. The summed E-state index contributed by atoms with van der Waals surface area (Å²) < 4.78 is 4.88. The van der Waals surface area contributed by atoms with E-state index in [0.29, 0.717) is 0 Å². The number of rotatable bonds is 3. The Morgan fingerprint density at radius 1 is 1.36 bits per heavy atom. The van der Waals surface area contributed by atoms with Crippen LogP contribution in [0.4, 0.5) is 0 Å². The highest BCUT2D eigenvalue weighted by molar-refractivity contribution is 5.68. The first-order valence-corrected chi connectivity index (χ1v) is 4.15. The highest BCUT2D eigenvalue weighted by Crippen LogP contribution is 2.28. The van der Waals surface area contributed by atoms with E-state index >= 15 is 0 Å². The molecule has 76 valence electrons. The van der Waals surface area contributed by atoms with Gasteiger partial charge in [0.25, 0.3) is 0 Å². The molecule has 0 saturated carbocycles. The van der Waals surface area contributed by atoms with Crippen molar-refractivity contribution in [3.63, 3.8) is 0 Å². The first-order chi connectivity index (χ1) is 6.50. The molecule has 0 bridgehead atoms. The monoisotopic (exact) mass is 196 g/mol.